The zero-order valence-corrected chi connectivity index (χ0v) is 29.8. The quantitative estimate of drug-likeness (QED) is 0.187. The van der Waals surface area contributed by atoms with Gasteiger partial charge in [0.15, 0.2) is 0 Å². The summed E-state index contributed by atoms with van der Waals surface area (Å²) in [5.74, 6) is 0. The number of fused-ring (bicyclic) bond motifs is 4. The summed E-state index contributed by atoms with van der Waals surface area (Å²) in [7, 11) is 0. The van der Waals surface area contributed by atoms with Crippen molar-refractivity contribution in [2.24, 2.45) is 0 Å². The Bertz CT molecular complexity index is 1950. The Hall–Kier alpha value is -5.08. The molecule has 1 saturated carbocycles. The number of benzene rings is 6. The standard InChI is InChI=1S/C48H46N2/c1-46(2)38-16-6-10-20-42(38)49(43-21-11-7-17-39(43)46)36-28-24-34(25-29-36)48(32-14-5-15-33-48)35-26-30-37(31-27-35)50-44-22-12-8-18-40(44)47(3,4)41-19-9-13-23-45(41)50/h6-13,16-31H,5,14-15,32-33H2,1-4H3. The summed E-state index contributed by atoms with van der Waals surface area (Å²) in [6, 6.07) is 54.9. The molecule has 248 valence electrons. The summed E-state index contributed by atoms with van der Waals surface area (Å²) in [6.45, 7) is 9.42. The number of anilines is 6. The Morgan fingerprint density at radius 3 is 0.980 bits per heavy atom. The van der Waals surface area contributed by atoms with E-state index in [1.54, 1.807) is 0 Å². The SMILES string of the molecule is CC1(C)c2ccccc2N(c2ccc(C3(c4ccc(N5c6ccccc6C(C)(C)c6ccccc65)cc4)CCCCC3)cc2)c2ccccc21. The molecule has 3 aliphatic rings. The Balaban J connectivity index is 1.10. The van der Waals surface area contributed by atoms with Gasteiger partial charge in [-0.05, 0) is 94.8 Å². The van der Waals surface area contributed by atoms with Crippen LogP contribution in [0.2, 0.25) is 0 Å². The van der Waals surface area contributed by atoms with Gasteiger partial charge in [0.1, 0.15) is 0 Å². The maximum atomic E-state index is 2.47. The molecule has 2 heterocycles. The number of hydrogen-bond acceptors (Lipinski definition) is 2. The first-order valence-corrected chi connectivity index (χ1v) is 18.5. The zero-order valence-electron chi connectivity index (χ0n) is 29.8. The predicted molar refractivity (Wildman–Crippen MR) is 210 cm³/mol. The van der Waals surface area contributed by atoms with Gasteiger partial charge in [0, 0.05) is 27.6 Å². The molecule has 2 nitrogen and oxygen atoms in total. The summed E-state index contributed by atoms with van der Waals surface area (Å²) in [4.78, 5) is 4.94. The molecular weight excluding hydrogens is 605 g/mol. The van der Waals surface area contributed by atoms with Gasteiger partial charge in [-0.1, -0.05) is 144 Å². The van der Waals surface area contributed by atoms with Crippen LogP contribution in [0.5, 0.6) is 0 Å². The van der Waals surface area contributed by atoms with Gasteiger partial charge in [-0.3, -0.25) is 0 Å². The molecule has 6 aromatic rings. The van der Waals surface area contributed by atoms with Crippen LogP contribution in [-0.2, 0) is 16.2 Å². The van der Waals surface area contributed by atoms with E-state index in [0.717, 1.165) is 0 Å². The Kier molecular flexibility index (Phi) is 7.11. The maximum absolute atomic E-state index is 2.47. The van der Waals surface area contributed by atoms with E-state index in [1.165, 1.54) is 99.6 Å². The van der Waals surface area contributed by atoms with Crippen molar-refractivity contribution in [3.05, 3.63) is 179 Å². The molecule has 0 bridgehead atoms. The summed E-state index contributed by atoms with van der Waals surface area (Å²) >= 11 is 0. The average Bonchev–Trinajstić information content (AvgIpc) is 3.16. The third kappa shape index (κ3) is 4.54. The van der Waals surface area contributed by atoms with Crippen LogP contribution in [0.1, 0.15) is 93.2 Å². The van der Waals surface area contributed by atoms with Crippen LogP contribution in [0.25, 0.3) is 0 Å². The Morgan fingerprint density at radius 2 is 0.660 bits per heavy atom. The van der Waals surface area contributed by atoms with E-state index in [4.69, 9.17) is 0 Å². The van der Waals surface area contributed by atoms with Crippen LogP contribution >= 0.6 is 0 Å². The van der Waals surface area contributed by atoms with Crippen LogP contribution in [0.3, 0.4) is 0 Å². The highest BCUT2D eigenvalue weighted by Crippen LogP contribution is 2.54. The Labute approximate surface area is 298 Å². The number of hydrogen-bond donors (Lipinski definition) is 0. The lowest BCUT2D eigenvalue weighted by Crippen LogP contribution is -2.32. The van der Waals surface area contributed by atoms with Crippen molar-refractivity contribution in [3.63, 3.8) is 0 Å². The number of rotatable bonds is 4. The second-order valence-corrected chi connectivity index (χ2v) is 15.7. The molecule has 2 aliphatic heterocycles. The summed E-state index contributed by atoms with van der Waals surface area (Å²) in [6.07, 6.45) is 6.19. The van der Waals surface area contributed by atoms with Crippen molar-refractivity contribution in [3.8, 4) is 0 Å². The largest absolute Gasteiger partial charge is 0.310 e. The van der Waals surface area contributed by atoms with Crippen LogP contribution in [-0.4, -0.2) is 0 Å². The van der Waals surface area contributed by atoms with Crippen LogP contribution in [0.4, 0.5) is 34.1 Å². The summed E-state index contributed by atoms with van der Waals surface area (Å²) in [5.41, 5.74) is 15.8. The molecule has 0 aromatic heterocycles. The fourth-order valence-corrected chi connectivity index (χ4v) is 9.65. The van der Waals surface area contributed by atoms with E-state index in [-0.39, 0.29) is 16.2 Å². The van der Waals surface area contributed by atoms with E-state index in [0.29, 0.717) is 0 Å². The third-order valence-corrected chi connectivity index (χ3v) is 12.3. The second kappa shape index (κ2) is 11.5. The van der Waals surface area contributed by atoms with Gasteiger partial charge in [-0.25, -0.2) is 0 Å². The van der Waals surface area contributed by atoms with E-state index in [2.05, 4.69) is 183 Å². The molecule has 0 saturated heterocycles. The molecule has 1 aliphatic carbocycles. The molecule has 0 radical (unpaired) electrons. The first-order chi connectivity index (χ1) is 24.3. The zero-order chi connectivity index (χ0) is 34.1. The van der Waals surface area contributed by atoms with Crippen LogP contribution < -0.4 is 9.80 Å². The maximum Gasteiger partial charge on any atom is 0.0502 e. The fraction of sp³-hybridized carbons (Fsp3) is 0.250. The Morgan fingerprint density at radius 1 is 0.360 bits per heavy atom. The predicted octanol–water partition coefficient (Wildman–Crippen LogP) is 13.2. The second-order valence-electron chi connectivity index (χ2n) is 15.7. The number of para-hydroxylation sites is 4. The van der Waals surface area contributed by atoms with Crippen molar-refractivity contribution >= 4 is 34.1 Å². The molecule has 6 aromatic carbocycles. The molecule has 0 atom stereocenters. The summed E-state index contributed by atoms with van der Waals surface area (Å²) in [5, 5.41) is 0. The average molecular weight is 651 g/mol. The van der Waals surface area contributed by atoms with E-state index < -0.39 is 0 Å². The molecular formula is C48H46N2. The van der Waals surface area contributed by atoms with E-state index in [9.17, 15) is 0 Å². The topological polar surface area (TPSA) is 6.48 Å². The fourth-order valence-electron chi connectivity index (χ4n) is 9.65. The van der Waals surface area contributed by atoms with Crippen LogP contribution in [0, 0.1) is 0 Å². The highest BCUT2D eigenvalue weighted by atomic mass is 15.2. The number of nitrogens with zero attached hydrogens (tertiary/aromatic N) is 2. The minimum atomic E-state index is -0.0590. The first kappa shape index (κ1) is 30.9. The van der Waals surface area contributed by atoms with Crippen molar-refractivity contribution in [1.82, 2.24) is 0 Å². The summed E-state index contributed by atoms with van der Waals surface area (Å²) < 4.78 is 0. The molecule has 0 amide bonds. The van der Waals surface area contributed by atoms with Gasteiger partial charge in [0.05, 0.1) is 22.7 Å². The van der Waals surface area contributed by atoms with Crippen LogP contribution in [0.15, 0.2) is 146 Å². The van der Waals surface area contributed by atoms with E-state index >= 15 is 0 Å². The van der Waals surface area contributed by atoms with Gasteiger partial charge in [-0.15, -0.1) is 0 Å². The van der Waals surface area contributed by atoms with Gasteiger partial charge >= 0.3 is 0 Å². The van der Waals surface area contributed by atoms with Crippen molar-refractivity contribution < 1.29 is 0 Å². The normalized spacial score (nSPS) is 18.0. The van der Waals surface area contributed by atoms with Crippen molar-refractivity contribution in [2.75, 3.05) is 9.80 Å². The molecule has 0 spiro atoms. The third-order valence-electron chi connectivity index (χ3n) is 12.3. The lowest BCUT2D eigenvalue weighted by Gasteiger charge is -2.43. The van der Waals surface area contributed by atoms with E-state index in [1.807, 2.05) is 0 Å². The van der Waals surface area contributed by atoms with Crippen molar-refractivity contribution in [2.45, 2.75) is 76.0 Å². The minimum absolute atomic E-state index is 0.00865. The molecule has 1 fully saturated rings. The van der Waals surface area contributed by atoms with Gasteiger partial charge in [0.2, 0.25) is 0 Å². The lowest BCUT2D eigenvalue weighted by molar-refractivity contribution is 0.346. The molecule has 9 rings (SSSR count). The highest BCUT2D eigenvalue weighted by molar-refractivity contribution is 5.87. The van der Waals surface area contributed by atoms with Gasteiger partial charge in [0.25, 0.3) is 0 Å². The molecule has 2 heteroatoms. The smallest absolute Gasteiger partial charge is 0.0502 e. The lowest BCUT2D eigenvalue weighted by atomic mass is 9.65. The minimum Gasteiger partial charge on any atom is -0.310 e. The highest BCUT2D eigenvalue weighted by Gasteiger charge is 2.40. The first-order valence-electron chi connectivity index (χ1n) is 18.5. The van der Waals surface area contributed by atoms with Crippen molar-refractivity contribution in [1.29, 1.82) is 0 Å². The van der Waals surface area contributed by atoms with Gasteiger partial charge < -0.3 is 9.80 Å². The molecule has 0 N–H and O–H groups in total. The monoisotopic (exact) mass is 650 g/mol. The van der Waals surface area contributed by atoms with Gasteiger partial charge in [-0.2, -0.15) is 0 Å². The molecule has 0 unspecified atom stereocenters. The molecule has 50 heavy (non-hydrogen) atoms.